The maximum atomic E-state index is 11.7. The molecule has 0 spiro atoms. The number of aryl methyl sites for hydroxylation is 1. The van der Waals surface area contributed by atoms with Crippen LogP contribution in [0.15, 0.2) is 12.4 Å². The van der Waals surface area contributed by atoms with E-state index in [0.29, 0.717) is 25.5 Å². The molecule has 1 fully saturated rings. The number of hydrogen-bond donors (Lipinski definition) is 1. The Morgan fingerprint density at radius 2 is 2.05 bits per heavy atom. The Kier molecular flexibility index (Phi) is 4.43. The van der Waals surface area contributed by atoms with E-state index < -0.39 is 21.8 Å². The van der Waals surface area contributed by atoms with Crippen molar-refractivity contribution in [2.45, 2.75) is 6.92 Å². The van der Waals surface area contributed by atoms with E-state index in [1.54, 1.807) is 6.07 Å². The molecular formula is C12H19N5O3S. The zero-order valence-electron chi connectivity index (χ0n) is 12.1. The molecule has 2 rings (SSSR count). The zero-order valence-corrected chi connectivity index (χ0v) is 12.9. The van der Waals surface area contributed by atoms with Crippen molar-refractivity contribution in [1.82, 2.24) is 14.3 Å². The van der Waals surface area contributed by atoms with Gasteiger partial charge in [-0.2, -0.15) is 4.31 Å². The summed E-state index contributed by atoms with van der Waals surface area (Å²) in [5.41, 5.74) is 6.20. The van der Waals surface area contributed by atoms with E-state index in [0.717, 1.165) is 11.9 Å². The Hall–Kier alpha value is -1.74. The Labute approximate surface area is 124 Å². The molecule has 9 heteroatoms. The van der Waals surface area contributed by atoms with Gasteiger partial charge in [-0.1, -0.05) is 0 Å². The molecule has 116 valence electrons. The molecule has 8 nitrogen and oxygen atoms in total. The number of carbonyl (C=O) groups is 1. The molecule has 0 bridgehead atoms. The highest BCUT2D eigenvalue weighted by atomic mass is 32.2. The van der Waals surface area contributed by atoms with Gasteiger partial charge in [0, 0.05) is 37.9 Å². The molecule has 1 aliphatic heterocycles. The maximum Gasteiger partial charge on any atom is 0.223 e. The van der Waals surface area contributed by atoms with Crippen LogP contribution in [0.25, 0.3) is 0 Å². The minimum atomic E-state index is -3.36. The van der Waals surface area contributed by atoms with E-state index in [1.165, 1.54) is 10.6 Å². The molecule has 0 radical (unpaired) electrons. The fraction of sp³-hybridized carbons (Fsp3) is 0.583. The average molecular weight is 313 g/mol. The monoisotopic (exact) mass is 313 g/mol. The molecule has 1 saturated heterocycles. The highest BCUT2D eigenvalue weighted by molar-refractivity contribution is 7.88. The summed E-state index contributed by atoms with van der Waals surface area (Å²) in [6, 6.07) is 1.80. The molecule has 1 aromatic heterocycles. The van der Waals surface area contributed by atoms with Gasteiger partial charge in [0.25, 0.3) is 0 Å². The highest BCUT2D eigenvalue weighted by Gasteiger charge is 2.31. The van der Waals surface area contributed by atoms with Gasteiger partial charge in [0.15, 0.2) is 0 Å². The third-order valence-corrected chi connectivity index (χ3v) is 4.74. The summed E-state index contributed by atoms with van der Waals surface area (Å²) in [5.74, 6) is -0.414. The molecule has 1 atom stereocenters. The predicted octanol–water partition coefficient (Wildman–Crippen LogP) is -1.03. The van der Waals surface area contributed by atoms with E-state index >= 15 is 0 Å². The van der Waals surface area contributed by atoms with Gasteiger partial charge >= 0.3 is 0 Å². The quantitative estimate of drug-likeness (QED) is 0.764. The molecule has 2 heterocycles. The van der Waals surface area contributed by atoms with Gasteiger partial charge in [0.2, 0.25) is 15.9 Å². The van der Waals surface area contributed by atoms with Crippen LogP contribution >= 0.6 is 0 Å². The van der Waals surface area contributed by atoms with Crippen molar-refractivity contribution in [2.24, 2.45) is 11.7 Å². The SMILES string of the molecule is Cc1cc(N2CCN(S(C)(=O)=O)C[C@H](C(N)=O)C2)ncn1. The molecule has 21 heavy (non-hydrogen) atoms. The zero-order chi connectivity index (χ0) is 15.6. The summed E-state index contributed by atoms with van der Waals surface area (Å²) in [6.45, 7) is 3.04. The van der Waals surface area contributed by atoms with Crippen molar-refractivity contribution in [1.29, 1.82) is 0 Å². The summed E-state index contributed by atoms with van der Waals surface area (Å²) in [4.78, 5) is 21.6. The first-order chi connectivity index (χ1) is 9.77. The largest absolute Gasteiger partial charge is 0.369 e. The molecule has 0 unspecified atom stereocenters. The van der Waals surface area contributed by atoms with Crippen molar-refractivity contribution >= 4 is 21.7 Å². The van der Waals surface area contributed by atoms with E-state index in [1.807, 2.05) is 11.8 Å². The Balaban J connectivity index is 2.28. The number of primary amides is 1. The van der Waals surface area contributed by atoms with Crippen LogP contribution < -0.4 is 10.6 Å². The van der Waals surface area contributed by atoms with Crippen LogP contribution in [0, 0.1) is 12.8 Å². The average Bonchev–Trinajstić information content (AvgIpc) is 2.61. The van der Waals surface area contributed by atoms with Gasteiger partial charge in [-0.05, 0) is 6.92 Å². The van der Waals surface area contributed by atoms with Crippen LogP contribution in [-0.2, 0) is 14.8 Å². The second-order valence-corrected chi connectivity index (χ2v) is 7.17. The van der Waals surface area contributed by atoms with Crippen LogP contribution in [0.4, 0.5) is 5.82 Å². The van der Waals surface area contributed by atoms with Gasteiger partial charge in [-0.3, -0.25) is 4.79 Å². The molecule has 1 amide bonds. The minimum Gasteiger partial charge on any atom is -0.369 e. The van der Waals surface area contributed by atoms with E-state index in [2.05, 4.69) is 9.97 Å². The smallest absolute Gasteiger partial charge is 0.223 e. The number of anilines is 1. The molecule has 0 aromatic carbocycles. The van der Waals surface area contributed by atoms with Crippen molar-refractivity contribution < 1.29 is 13.2 Å². The van der Waals surface area contributed by atoms with Crippen LogP contribution in [0.3, 0.4) is 0 Å². The van der Waals surface area contributed by atoms with Gasteiger partial charge in [-0.15, -0.1) is 0 Å². The lowest BCUT2D eigenvalue weighted by molar-refractivity contribution is -0.121. The summed E-state index contributed by atoms with van der Waals surface area (Å²) >= 11 is 0. The Morgan fingerprint density at radius 3 is 2.62 bits per heavy atom. The summed E-state index contributed by atoms with van der Waals surface area (Å²) in [6.07, 6.45) is 2.58. The molecule has 0 saturated carbocycles. The van der Waals surface area contributed by atoms with Crippen LogP contribution in [-0.4, -0.2) is 61.0 Å². The van der Waals surface area contributed by atoms with E-state index in [-0.39, 0.29) is 6.54 Å². The van der Waals surface area contributed by atoms with Gasteiger partial charge < -0.3 is 10.6 Å². The number of sulfonamides is 1. The standard InChI is InChI=1S/C12H19N5O3S/c1-9-5-11(15-8-14-9)16-3-4-17(21(2,19)20)7-10(6-16)12(13)18/h5,8,10H,3-4,6-7H2,1-2H3,(H2,13,18)/t10-/m1/s1. The highest BCUT2D eigenvalue weighted by Crippen LogP contribution is 2.18. The molecule has 0 aliphatic carbocycles. The second-order valence-electron chi connectivity index (χ2n) is 5.18. The second kappa shape index (κ2) is 5.94. The molecule has 1 aromatic rings. The topological polar surface area (TPSA) is 109 Å². The third kappa shape index (κ3) is 3.88. The van der Waals surface area contributed by atoms with Crippen LogP contribution in [0.1, 0.15) is 5.69 Å². The fourth-order valence-electron chi connectivity index (χ4n) is 2.29. The summed E-state index contributed by atoms with van der Waals surface area (Å²) in [5, 5.41) is 0. The van der Waals surface area contributed by atoms with Crippen LogP contribution in [0.5, 0.6) is 0 Å². The lowest BCUT2D eigenvalue weighted by Crippen LogP contribution is -2.40. The molecular weight excluding hydrogens is 294 g/mol. The first-order valence-electron chi connectivity index (χ1n) is 6.55. The van der Waals surface area contributed by atoms with Gasteiger partial charge in [0.05, 0.1) is 12.2 Å². The minimum absolute atomic E-state index is 0.106. The molecule has 2 N–H and O–H groups in total. The van der Waals surface area contributed by atoms with E-state index in [4.69, 9.17) is 5.73 Å². The van der Waals surface area contributed by atoms with Crippen LogP contribution in [0.2, 0.25) is 0 Å². The van der Waals surface area contributed by atoms with E-state index in [9.17, 15) is 13.2 Å². The lowest BCUT2D eigenvalue weighted by Gasteiger charge is -2.23. The number of amides is 1. The number of nitrogens with zero attached hydrogens (tertiary/aromatic N) is 4. The lowest BCUT2D eigenvalue weighted by atomic mass is 10.1. The first kappa shape index (κ1) is 15.6. The summed E-state index contributed by atoms with van der Waals surface area (Å²) in [7, 11) is -3.36. The fourth-order valence-corrected chi connectivity index (χ4v) is 3.15. The molecule has 1 aliphatic rings. The summed E-state index contributed by atoms with van der Waals surface area (Å²) < 4.78 is 24.8. The maximum absolute atomic E-state index is 11.7. The predicted molar refractivity (Wildman–Crippen MR) is 78.1 cm³/mol. The van der Waals surface area contributed by atoms with Crippen molar-refractivity contribution in [3.63, 3.8) is 0 Å². The van der Waals surface area contributed by atoms with Gasteiger partial charge in [-0.25, -0.2) is 18.4 Å². The Bertz CT molecular complexity index is 634. The number of aromatic nitrogens is 2. The van der Waals surface area contributed by atoms with Gasteiger partial charge in [0.1, 0.15) is 12.1 Å². The number of rotatable bonds is 3. The first-order valence-corrected chi connectivity index (χ1v) is 8.40. The van der Waals surface area contributed by atoms with Crippen molar-refractivity contribution in [3.05, 3.63) is 18.1 Å². The normalized spacial score (nSPS) is 21.0. The van der Waals surface area contributed by atoms with Crippen molar-refractivity contribution in [3.8, 4) is 0 Å². The number of nitrogens with two attached hydrogens (primary N) is 1. The Morgan fingerprint density at radius 1 is 1.33 bits per heavy atom. The van der Waals surface area contributed by atoms with Crippen molar-refractivity contribution in [2.75, 3.05) is 37.3 Å². The number of carbonyl (C=O) groups excluding carboxylic acids is 1. The third-order valence-electron chi connectivity index (χ3n) is 3.47. The number of hydrogen-bond acceptors (Lipinski definition) is 6.